The van der Waals surface area contributed by atoms with Crippen molar-refractivity contribution in [3.8, 4) is 6.07 Å². The second-order valence-electron chi connectivity index (χ2n) is 5.92. The molecule has 0 amide bonds. The quantitative estimate of drug-likeness (QED) is 0.483. The largest absolute Gasteiger partial charge is 0.462 e. The molecule has 1 spiro atoms. The number of hydrogen-bond donors (Lipinski definition) is 0. The molecule has 0 N–H and O–H groups in total. The van der Waals surface area contributed by atoms with E-state index in [2.05, 4.69) is 6.07 Å². The number of nitrogens with zero attached hydrogens (tertiary/aromatic N) is 1. The van der Waals surface area contributed by atoms with Crippen molar-refractivity contribution in [3.05, 3.63) is 12.2 Å². The van der Waals surface area contributed by atoms with Crippen LogP contribution in [-0.4, -0.2) is 31.1 Å². The zero-order valence-electron chi connectivity index (χ0n) is 10.5. The summed E-state index contributed by atoms with van der Waals surface area (Å²) in [6.45, 7) is 1.15. The Morgan fingerprint density at radius 2 is 2.05 bits per heavy atom. The Morgan fingerprint density at radius 3 is 2.79 bits per heavy atom. The van der Waals surface area contributed by atoms with Gasteiger partial charge in [0.1, 0.15) is 6.10 Å². The minimum absolute atomic E-state index is 0.0247. The summed E-state index contributed by atoms with van der Waals surface area (Å²) in [5.74, 6) is -0.995. The second kappa shape index (κ2) is 3.59. The summed E-state index contributed by atoms with van der Waals surface area (Å²) < 4.78 is 16.8. The van der Waals surface area contributed by atoms with Gasteiger partial charge in [-0.3, -0.25) is 4.79 Å². The maximum Gasteiger partial charge on any atom is 0.309 e. The Bertz CT molecular complexity index is 502. The minimum Gasteiger partial charge on any atom is -0.462 e. The van der Waals surface area contributed by atoms with Gasteiger partial charge in [0.2, 0.25) is 0 Å². The summed E-state index contributed by atoms with van der Waals surface area (Å²) in [5, 5.41) is 9.61. The predicted octanol–water partition coefficient (Wildman–Crippen LogP) is 1.15. The smallest absolute Gasteiger partial charge is 0.309 e. The number of carbonyl (C=O) groups is 1. The Balaban J connectivity index is 1.75. The van der Waals surface area contributed by atoms with E-state index in [1.165, 1.54) is 0 Å². The molecule has 0 aromatic rings. The van der Waals surface area contributed by atoms with Crippen molar-refractivity contribution in [2.75, 3.05) is 13.2 Å². The van der Waals surface area contributed by atoms with Gasteiger partial charge in [0.05, 0.1) is 30.6 Å². The fourth-order valence-electron chi connectivity index (χ4n) is 3.98. The molecule has 2 aliphatic carbocycles. The third kappa shape index (κ3) is 1.44. The number of esters is 1. The van der Waals surface area contributed by atoms with Crippen LogP contribution in [0.3, 0.4) is 0 Å². The summed E-state index contributed by atoms with van der Waals surface area (Å²) in [6.07, 6.45) is 5.50. The van der Waals surface area contributed by atoms with E-state index >= 15 is 0 Å². The van der Waals surface area contributed by atoms with Crippen molar-refractivity contribution in [3.63, 3.8) is 0 Å². The molecule has 5 nitrogen and oxygen atoms in total. The molecule has 0 aromatic heterocycles. The van der Waals surface area contributed by atoms with Gasteiger partial charge < -0.3 is 14.2 Å². The zero-order chi connectivity index (χ0) is 13.1. The van der Waals surface area contributed by atoms with Gasteiger partial charge >= 0.3 is 5.97 Å². The van der Waals surface area contributed by atoms with E-state index in [-0.39, 0.29) is 23.9 Å². The van der Waals surface area contributed by atoms with Crippen LogP contribution < -0.4 is 0 Å². The van der Waals surface area contributed by atoms with E-state index in [4.69, 9.17) is 14.2 Å². The van der Waals surface area contributed by atoms with Crippen molar-refractivity contribution in [2.24, 2.45) is 17.3 Å². The standard InChI is InChI=1S/C14H15NO4/c15-8-13-1-2-14(17-3-4-18-14)7-10(13)11-5-9(6-13)12(16)19-11/h1-2,9-11H,3-7H2/t9-,10-,11+,13+/m1/s1. The lowest BCUT2D eigenvalue weighted by Crippen LogP contribution is -2.48. The van der Waals surface area contributed by atoms with Crippen LogP contribution in [-0.2, 0) is 19.0 Å². The Hall–Kier alpha value is -1.38. The van der Waals surface area contributed by atoms with Gasteiger partial charge in [-0.15, -0.1) is 0 Å². The van der Waals surface area contributed by atoms with Gasteiger partial charge in [-0.2, -0.15) is 5.26 Å². The molecule has 2 saturated heterocycles. The second-order valence-corrected chi connectivity index (χ2v) is 5.92. The van der Waals surface area contributed by atoms with Crippen LogP contribution in [0.2, 0.25) is 0 Å². The van der Waals surface area contributed by atoms with E-state index in [0.29, 0.717) is 26.1 Å². The van der Waals surface area contributed by atoms with E-state index in [1.54, 1.807) is 0 Å². The SMILES string of the molecule is N#C[C@@]12C=CC3(C[C@@H]1[C@@H]1C[C@H](C2)C(=O)O1)OCCO3. The van der Waals surface area contributed by atoms with E-state index in [0.717, 1.165) is 6.42 Å². The molecule has 2 aliphatic heterocycles. The summed E-state index contributed by atoms with van der Waals surface area (Å²) in [7, 11) is 0. The van der Waals surface area contributed by atoms with Crippen LogP contribution in [0.25, 0.3) is 0 Å². The maximum absolute atomic E-state index is 11.8. The topological polar surface area (TPSA) is 68.6 Å². The summed E-state index contributed by atoms with van der Waals surface area (Å²) in [4.78, 5) is 11.8. The Labute approximate surface area is 111 Å². The average molecular weight is 261 g/mol. The minimum atomic E-state index is -0.702. The zero-order valence-corrected chi connectivity index (χ0v) is 10.5. The van der Waals surface area contributed by atoms with Crippen LogP contribution >= 0.6 is 0 Å². The first-order valence-electron chi connectivity index (χ1n) is 6.76. The molecular formula is C14H15NO4. The molecule has 19 heavy (non-hydrogen) atoms. The lowest BCUT2D eigenvalue weighted by molar-refractivity contribution is -0.160. The molecule has 100 valence electrons. The summed E-state index contributed by atoms with van der Waals surface area (Å²) in [6, 6.07) is 2.42. The predicted molar refractivity (Wildman–Crippen MR) is 62.5 cm³/mol. The van der Waals surface area contributed by atoms with Gasteiger partial charge in [-0.25, -0.2) is 0 Å². The van der Waals surface area contributed by atoms with Gasteiger partial charge in [0, 0.05) is 12.3 Å². The van der Waals surface area contributed by atoms with Crippen LogP contribution in [0.4, 0.5) is 0 Å². The van der Waals surface area contributed by atoms with Gasteiger partial charge in [-0.05, 0) is 18.9 Å². The molecular weight excluding hydrogens is 246 g/mol. The highest BCUT2D eigenvalue weighted by atomic mass is 16.7. The van der Waals surface area contributed by atoms with Crippen LogP contribution in [0.1, 0.15) is 19.3 Å². The van der Waals surface area contributed by atoms with Gasteiger partial charge in [-0.1, -0.05) is 6.08 Å². The molecule has 4 rings (SSSR count). The monoisotopic (exact) mass is 261 g/mol. The third-order valence-electron chi connectivity index (χ3n) is 4.94. The lowest BCUT2D eigenvalue weighted by atomic mass is 9.59. The van der Waals surface area contributed by atoms with Crippen molar-refractivity contribution in [1.82, 2.24) is 0 Å². The van der Waals surface area contributed by atoms with E-state index < -0.39 is 11.2 Å². The number of hydrogen-bond acceptors (Lipinski definition) is 5. The first-order chi connectivity index (χ1) is 9.16. The highest BCUT2D eigenvalue weighted by Gasteiger charge is 2.60. The average Bonchev–Trinajstić information content (AvgIpc) is 2.99. The lowest BCUT2D eigenvalue weighted by Gasteiger charge is -2.45. The highest BCUT2D eigenvalue weighted by Crippen LogP contribution is 2.55. The molecule has 2 bridgehead atoms. The maximum atomic E-state index is 11.8. The van der Waals surface area contributed by atoms with Crippen LogP contribution in [0.15, 0.2) is 12.2 Å². The Kier molecular flexibility index (Phi) is 2.16. The number of carbonyl (C=O) groups excluding carboxylic acids is 1. The molecule has 0 radical (unpaired) electrons. The van der Waals surface area contributed by atoms with Gasteiger partial charge in [0.15, 0.2) is 5.79 Å². The fourth-order valence-corrected chi connectivity index (χ4v) is 3.98. The summed E-state index contributed by atoms with van der Waals surface area (Å²) in [5.41, 5.74) is -0.597. The normalized spacial score (nSPS) is 45.8. The fraction of sp³-hybridized carbons (Fsp3) is 0.714. The van der Waals surface area contributed by atoms with Crippen molar-refractivity contribution in [1.29, 1.82) is 5.26 Å². The highest BCUT2D eigenvalue weighted by molar-refractivity contribution is 5.75. The van der Waals surface area contributed by atoms with E-state index in [1.807, 2.05) is 12.2 Å². The molecule has 4 aliphatic rings. The molecule has 5 heteroatoms. The first-order valence-corrected chi connectivity index (χ1v) is 6.76. The number of ether oxygens (including phenoxy) is 3. The number of nitriles is 1. The number of allylic oxidation sites excluding steroid dienone is 1. The van der Waals surface area contributed by atoms with Gasteiger partial charge in [0.25, 0.3) is 0 Å². The number of fused-ring (bicyclic) bond motifs is 4. The molecule has 2 heterocycles. The van der Waals surface area contributed by atoms with Crippen molar-refractivity contribution >= 4 is 5.97 Å². The molecule has 0 aromatic carbocycles. The molecule has 1 saturated carbocycles. The van der Waals surface area contributed by atoms with E-state index in [9.17, 15) is 10.1 Å². The molecule has 3 fully saturated rings. The first kappa shape index (κ1) is 11.4. The molecule has 4 atom stereocenters. The van der Waals surface area contributed by atoms with Crippen LogP contribution in [0.5, 0.6) is 0 Å². The van der Waals surface area contributed by atoms with Crippen molar-refractivity contribution in [2.45, 2.75) is 31.2 Å². The Morgan fingerprint density at radius 1 is 1.26 bits per heavy atom. The molecule has 0 unspecified atom stereocenters. The third-order valence-corrected chi connectivity index (χ3v) is 4.94. The number of rotatable bonds is 0. The van der Waals surface area contributed by atoms with Crippen molar-refractivity contribution < 1.29 is 19.0 Å². The summed E-state index contributed by atoms with van der Waals surface area (Å²) >= 11 is 0. The van der Waals surface area contributed by atoms with Crippen LogP contribution in [0, 0.1) is 28.6 Å².